The van der Waals surface area contributed by atoms with Crippen LogP contribution in [0, 0.1) is 27.6 Å². The quantitative estimate of drug-likeness (QED) is 0.0133. The van der Waals surface area contributed by atoms with E-state index in [0.717, 1.165) is 151 Å². The van der Waals surface area contributed by atoms with E-state index >= 15 is 0 Å². The number of thioether (sulfide) groups is 3. The van der Waals surface area contributed by atoms with Crippen molar-refractivity contribution in [1.29, 1.82) is 5.26 Å². The number of aromatic nitrogens is 14. The van der Waals surface area contributed by atoms with Crippen LogP contribution in [0.5, 0.6) is 0 Å². The summed E-state index contributed by atoms with van der Waals surface area (Å²) in [6.45, 7) is 18.8. The van der Waals surface area contributed by atoms with E-state index in [2.05, 4.69) is 113 Å². The van der Waals surface area contributed by atoms with E-state index in [-0.39, 0.29) is 40.4 Å². The van der Waals surface area contributed by atoms with Gasteiger partial charge in [0.2, 0.25) is 11.9 Å². The number of nitrogen functional groups attached to an aromatic ring is 1. The lowest BCUT2D eigenvalue weighted by molar-refractivity contribution is -0.0834. The summed E-state index contributed by atoms with van der Waals surface area (Å²) in [6, 6.07) is 23.7. The van der Waals surface area contributed by atoms with Crippen LogP contribution in [-0.2, 0) is 18.9 Å². The number of methoxy groups -OCH3 is 2. The molecule has 12 heterocycles. The number of nitriles is 1. The summed E-state index contributed by atoms with van der Waals surface area (Å²) in [5.41, 5.74) is 19.0. The normalized spacial score (nSPS) is 16.8. The summed E-state index contributed by atoms with van der Waals surface area (Å²) in [6.07, 6.45) is 36.9. The zero-order valence-electron chi connectivity index (χ0n) is 83.6. The molecule has 3 aliphatic heterocycles. The Morgan fingerprint density at radius 2 is 0.872 bits per heavy atom. The number of fused-ring (bicyclic) bond motifs is 4. The number of nitrogens with zero attached hydrogens (tertiary/aromatic N) is 17. The third-order valence-corrected chi connectivity index (χ3v) is 34.8. The lowest BCUT2D eigenvalue weighted by atomic mass is 9.74. The van der Waals surface area contributed by atoms with Gasteiger partial charge in [-0.15, -0.1) is 0 Å². The number of ether oxygens (including phenoxy) is 4. The number of amides is 2. The number of piperidine rings is 3. The molecule has 6 fully saturated rings. The number of nitrogens with two attached hydrogens (primary N) is 2. The maximum absolute atomic E-state index is 12.5. The molecule has 6 aliphatic rings. The zero-order chi connectivity index (χ0) is 109. The van der Waals surface area contributed by atoms with Crippen molar-refractivity contribution >= 4 is 299 Å². The monoisotopic (exact) mass is 2540 g/mol. The molecule has 4 aromatic carbocycles. The first-order valence-electron chi connectivity index (χ1n) is 47.3. The number of carbonyl (C=O) groups excluding carboxylic acids is 2. The highest BCUT2D eigenvalue weighted by atomic mass is 79.9. The van der Waals surface area contributed by atoms with Crippen LogP contribution < -0.4 is 42.7 Å². The minimum absolute atomic E-state index is 0.0690. The van der Waals surface area contributed by atoms with Crippen molar-refractivity contribution in [2.24, 2.45) is 22.0 Å². The van der Waals surface area contributed by atoms with Crippen LogP contribution >= 0.6 is 234 Å². The first-order chi connectivity index (χ1) is 70.9. The summed E-state index contributed by atoms with van der Waals surface area (Å²) in [5.74, 6) is 1.93. The van der Waals surface area contributed by atoms with Gasteiger partial charge >= 0.3 is 19.3 Å². The number of anilines is 3. The number of carbonyl (C=O) groups is 2. The molecule has 13 aromatic rings. The lowest BCUT2D eigenvalue weighted by Crippen LogP contribution is -2.51. The van der Waals surface area contributed by atoms with Gasteiger partial charge in [-0.2, -0.15) is 5.26 Å². The van der Waals surface area contributed by atoms with E-state index < -0.39 is 18.3 Å². The summed E-state index contributed by atoms with van der Waals surface area (Å²) in [4.78, 5) is 72.6. The van der Waals surface area contributed by atoms with Crippen LogP contribution in [0.2, 0.25) is 65.9 Å². The summed E-state index contributed by atoms with van der Waals surface area (Å²) < 4.78 is 29.5. The van der Waals surface area contributed by atoms with Crippen LogP contribution in [0.15, 0.2) is 147 Å². The van der Waals surface area contributed by atoms with Gasteiger partial charge in [0.25, 0.3) is 0 Å². The molecule has 3 atom stereocenters. The fraction of sp³-hybridized carbons (Fsp3) is 0.444. The van der Waals surface area contributed by atoms with Crippen molar-refractivity contribution in [3.05, 3.63) is 197 Å². The maximum atomic E-state index is 12.5. The molecule has 0 radical (unpaired) electrons. The van der Waals surface area contributed by atoms with Crippen molar-refractivity contribution in [1.82, 2.24) is 83.4 Å². The number of alkyl halides is 1. The second kappa shape index (κ2) is 56.7. The Morgan fingerprint density at radius 3 is 1.24 bits per heavy atom. The van der Waals surface area contributed by atoms with Gasteiger partial charge in [-0.25, -0.2) is 59.4 Å². The Bertz CT molecular complexity index is 6760. The van der Waals surface area contributed by atoms with Gasteiger partial charge in [-0.05, 0) is 223 Å². The molecule has 3 aliphatic carbocycles. The highest BCUT2D eigenvalue weighted by molar-refractivity contribution is 9.11. The molecule has 3 saturated carbocycles. The number of halogens is 16. The number of benzene rings is 4. The molecular weight excluding hydrogens is 2430 g/mol. The zero-order valence-corrected chi connectivity index (χ0v) is 101. The molecular formula is C99H115BBr3Cl13N22O8S3. The average Bonchev–Trinajstić information content (AvgIpc) is 1.66. The topological polar surface area (TPSA) is 376 Å². The Labute approximate surface area is 970 Å². The number of alkyl carbamates (subject to hydrolysis) is 2. The maximum Gasteiger partial charge on any atom is 0.490 e. The SMILES string of the molecule is CC(C)(C)OC(=O)N[C@@H]1CCCC12CCN(c1nc(Cl)c(-c3cccc(Cl)c3Cl)c3nccn13)CC2.CC(C)(C)OC(=O)N[C@@H]1CCCC12CCNCC2.CCC#N.COC(CBr)OC.CSc1nc(Cl)c(-c2cccc(Cl)c2Cl)c2nccn12.CSc1nc(Cl)c(Br)c2nccn12.CSc1nc(N)c(Br)c(Cl)n1.N[C@@H]1CCCC12CCN(c1nc(Cl)c(-c3cccc(Cl)c3Cl)c3nccn13)CC2.OB(O)c1cccc(Cl)c1Cl. The van der Waals surface area contributed by atoms with Gasteiger partial charge in [0.15, 0.2) is 38.7 Å². The molecule has 149 heavy (non-hydrogen) atoms. The van der Waals surface area contributed by atoms with Crippen molar-refractivity contribution < 1.29 is 38.6 Å². The number of imidazole rings is 4. The third-order valence-electron chi connectivity index (χ3n) is 25.8. The Morgan fingerprint density at radius 1 is 0.510 bits per heavy atom. The third kappa shape index (κ3) is 31.3. The van der Waals surface area contributed by atoms with Crippen molar-refractivity contribution in [3.63, 3.8) is 0 Å². The molecule has 9 N–H and O–H groups in total. The van der Waals surface area contributed by atoms with Gasteiger partial charge in [0.05, 0.1) is 77.2 Å². The highest BCUT2D eigenvalue weighted by Gasteiger charge is 2.48. The van der Waals surface area contributed by atoms with E-state index in [9.17, 15) is 9.59 Å². The summed E-state index contributed by atoms with van der Waals surface area (Å²) >= 11 is 94.5. The predicted octanol–water partition coefficient (Wildman–Crippen LogP) is 27.6. The van der Waals surface area contributed by atoms with Crippen molar-refractivity contribution in [2.45, 2.75) is 202 Å². The van der Waals surface area contributed by atoms with Gasteiger partial charge in [-0.1, -0.05) is 277 Å². The first kappa shape index (κ1) is 123. The van der Waals surface area contributed by atoms with Gasteiger partial charge < -0.3 is 66.2 Å². The molecule has 2 amide bonds. The molecule has 0 bridgehead atoms. The standard InChI is InChI=1S/C26H30Cl3N5O2.C21H22Cl3N5.C14H26N2O2.C13H8Cl3N3S.C7H5BrClN3S.C6H5BCl2O2.C5H5BrClN3S.C4H9BrO2.C3H5N/c1-25(2,3)36-24(35)31-18-8-5-9-26(18)10-13-33(14-11-26)23-32-21(29)19(22-30-12-15-34(22)23)16-6-4-7-17(27)20(16)28;22-14-4-1-3-13(17(14)23)16-18(24)27-20(29-12-9-26-19(16)29)28-10-7-21(8-11-28)6-2-5-15(21)25;1-13(2,3)18-12(17)16-11-5-4-6-14(11)7-9-15-10-8-14;1-20-13-18-11(16)9(12-17-5-6-19(12)13)7-3-2-4-8(14)10(7)15;1-13-7-11-5(9)4(8)6-10-2-3-12(6)7;8-5-3-1-2-4(6(5)9)7(10)11;1-11-5-9-3(7)2(6)4(8)10-5;1-6-4(3-5)7-2;1-2-3-4/h4,6-7,12,15,18H,5,8-11,13-14H2,1-3H3,(H,31,35);1,3-4,9,12,15H,2,5-8,10-11,25H2;11,15H,4-10H2,1-3H3,(H,16,17);2-6H,1H3;2-3H,1H3;1-3,10-11H;1H3,(H2,8,9,10);4H,3H2,1-2H3;2H2,1H3/t18-;15-;11-;;;;;;/m111....../s1. The minimum atomic E-state index is -1.57. The molecule has 3 saturated heterocycles. The van der Waals surface area contributed by atoms with Crippen molar-refractivity contribution in [2.75, 3.05) is 93.1 Å². The van der Waals surface area contributed by atoms with Crippen LogP contribution in [0.4, 0.5) is 27.3 Å². The second-order valence-corrected chi connectivity index (χ2v) is 46.7. The number of hydrogen-bond donors (Lipinski definition) is 7. The van der Waals surface area contributed by atoms with E-state index in [0.29, 0.717) is 139 Å². The van der Waals surface area contributed by atoms with Gasteiger partial charge in [0, 0.05) is 137 Å². The molecule has 30 nitrogen and oxygen atoms in total. The predicted molar refractivity (Wildman–Crippen MR) is 622 cm³/mol. The minimum Gasteiger partial charge on any atom is -0.444 e. The van der Waals surface area contributed by atoms with E-state index in [1.54, 1.807) is 69.3 Å². The fourth-order valence-electron chi connectivity index (χ4n) is 18.5. The number of rotatable bonds is 14. The molecule has 50 heteroatoms. The smallest absolute Gasteiger partial charge is 0.444 e. The number of hydrogen-bond acceptors (Lipinski definition) is 27. The molecule has 19 rings (SSSR count). The van der Waals surface area contributed by atoms with Crippen LogP contribution in [-0.4, -0.2) is 210 Å². The van der Waals surface area contributed by atoms with E-state index in [1.807, 2.05) is 152 Å². The second-order valence-electron chi connectivity index (χ2n) is 37.2. The molecule has 802 valence electrons. The van der Waals surface area contributed by atoms with Crippen LogP contribution in [0.25, 0.3) is 56.0 Å². The van der Waals surface area contributed by atoms with Crippen LogP contribution in [0.3, 0.4) is 0 Å². The fourth-order valence-corrected chi connectivity index (χ4v) is 23.9. The summed E-state index contributed by atoms with van der Waals surface area (Å²) in [5, 5.41) is 42.8. The largest absolute Gasteiger partial charge is 0.490 e. The average molecular weight is 2550 g/mol. The first-order valence-corrected chi connectivity index (χ1v) is 58.6. The Kier molecular flexibility index (Phi) is 46.9. The molecule has 0 unspecified atom stereocenters. The molecule has 9 aromatic heterocycles. The number of nitrogens with one attached hydrogen (secondary N) is 3. The Hall–Kier alpha value is -6.05. The van der Waals surface area contributed by atoms with Crippen LogP contribution in [0.1, 0.15) is 151 Å². The van der Waals surface area contributed by atoms with Crippen molar-refractivity contribution in [3.8, 4) is 39.4 Å². The van der Waals surface area contributed by atoms with E-state index in [4.69, 9.17) is 207 Å². The van der Waals surface area contributed by atoms with E-state index in [1.165, 1.54) is 79.9 Å². The highest BCUT2D eigenvalue weighted by Crippen LogP contribution is 2.52. The Balaban J connectivity index is 0.000000168. The van der Waals surface area contributed by atoms with Gasteiger partial charge in [-0.3, -0.25) is 17.6 Å². The van der Waals surface area contributed by atoms with Gasteiger partial charge in [0.1, 0.15) is 48.4 Å². The lowest BCUT2D eigenvalue weighted by Gasteiger charge is -2.43. The molecule has 3 spiro atoms. The summed E-state index contributed by atoms with van der Waals surface area (Å²) in [7, 11) is 1.64.